The number of aromatic hydroxyl groups is 1. The Morgan fingerprint density at radius 1 is 1.15 bits per heavy atom. The molecule has 0 bridgehead atoms. The molecule has 1 aromatic rings. The smallest absolute Gasteiger partial charge is 0.235 e. The van der Waals surface area contributed by atoms with Crippen LogP contribution in [0.1, 0.15) is 46.0 Å². The van der Waals surface area contributed by atoms with E-state index < -0.39 is 70.1 Å². The van der Waals surface area contributed by atoms with E-state index in [2.05, 4.69) is 0 Å². The van der Waals surface area contributed by atoms with Crippen LogP contribution in [-0.4, -0.2) is 75.7 Å². The molecule has 0 radical (unpaired) electrons. The molecule has 34 heavy (non-hydrogen) atoms. The highest BCUT2D eigenvalue weighted by molar-refractivity contribution is 6.32. The van der Waals surface area contributed by atoms with E-state index in [0.29, 0.717) is 5.56 Å². The van der Waals surface area contributed by atoms with Crippen molar-refractivity contribution in [1.29, 1.82) is 0 Å². The number of rotatable bonds is 4. The van der Waals surface area contributed by atoms with Crippen LogP contribution in [-0.2, 0) is 25.6 Å². The Morgan fingerprint density at radius 2 is 1.79 bits per heavy atom. The molecule has 0 saturated heterocycles. The number of carbonyl (C=O) groups is 6. The molecule has 6 unspecified atom stereocenters. The second-order valence-electron chi connectivity index (χ2n) is 9.55. The van der Waals surface area contributed by atoms with Crippen LogP contribution in [0.3, 0.4) is 0 Å². The zero-order valence-corrected chi connectivity index (χ0v) is 19.0. The van der Waals surface area contributed by atoms with Crippen molar-refractivity contribution in [2.24, 2.45) is 29.4 Å². The Bertz CT molecular complexity index is 1170. The van der Waals surface area contributed by atoms with E-state index in [1.807, 2.05) is 0 Å². The van der Waals surface area contributed by atoms with Crippen molar-refractivity contribution in [1.82, 2.24) is 4.90 Å². The summed E-state index contributed by atoms with van der Waals surface area (Å²) >= 11 is 0. The van der Waals surface area contributed by atoms with E-state index in [4.69, 9.17) is 5.73 Å². The molecular weight excluding hydrogens is 444 g/mol. The third kappa shape index (κ3) is 3.01. The Labute approximate surface area is 195 Å². The van der Waals surface area contributed by atoms with E-state index in [0.717, 1.165) is 0 Å². The van der Waals surface area contributed by atoms with Crippen molar-refractivity contribution in [3.8, 4) is 5.75 Å². The molecule has 2 fully saturated rings. The van der Waals surface area contributed by atoms with Crippen molar-refractivity contribution in [2.75, 3.05) is 14.1 Å². The van der Waals surface area contributed by atoms with E-state index in [1.165, 1.54) is 31.1 Å². The van der Waals surface area contributed by atoms with Gasteiger partial charge in [0, 0.05) is 17.9 Å². The summed E-state index contributed by atoms with van der Waals surface area (Å²) in [5.74, 6) is -11.3. The molecule has 6 atom stereocenters. The second-order valence-corrected chi connectivity index (χ2v) is 9.55. The molecule has 10 heteroatoms. The maximum Gasteiger partial charge on any atom is 0.235 e. The lowest BCUT2D eigenvalue weighted by Crippen LogP contribution is -2.74. The first kappa shape index (κ1) is 23.9. The number of nitrogens with two attached hydrogens (primary N) is 1. The first-order chi connectivity index (χ1) is 15.9. The number of carbonyl (C=O) groups excluding carboxylic acids is 6. The van der Waals surface area contributed by atoms with Gasteiger partial charge >= 0.3 is 0 Å². The molecule has 0 aliphatic heterocycles. The maximum absolute atomic E-state index is 13.7. The topological polar surface area (TPSA) is 172 Å². The molecule has 0 heterocycles. The highest BCUT2D eigenvalue weighted by Crippen LogP contribution is 2.51. The van der Waals surface area contributed by atoms with Crippen LogP contribution in [0, 0.1) is 23.7 Å². The van der Waals surface area contributed by atoms with Crippen LogP contribution in [0.5, 0.6) is 5.75 Å². The number of phenols is 1. The van der Waals surface area contributed by atoms with Crippen LogP contribution in [0.4, 0.5) is 0 Å². The first-order valence-corrected chi connectivity index (χ1v) is 11.1. The number of amides is 1. The van der Waals surface area contributed by atoms with Gasteiger partial charge in [-0.3, -0.25) is 33.7 Å². The molecule has 3 aliphatic carbocycles. The van der Waals surface area contributed by atoms with Crippen molar-refractivity contribution in [2.45, 2.75) is 37.8 Å². The number of fused-ring (bicyclic) bond motifs is 3. The van der Waals surface area contributed by atoms with Crippen molar-refractivity contribution in [3.05, 3.63) is 28.8 Å². The molecule has 180 valence electrons. The van der Waals surface area contributed by atoms with Gasteiger partial charge in [-0.1, -0.05) is 6.92 Å². The minimum Gasteiger partial charge on any atom is -0.507 e. The van der Waals surface area contributed by atoms with Gasteiger partial charge in [-0.15, -0.1) is 0 Å². The highest BCUT2D eigenvalue weighted by Gasteiger charge is 2.69. The fourth-order valence-electron chi connectivity index (χ4n) is 6.06. The lowest BCUT2D eigenvalue weighted by Gasteiger charge is -2.52. The molecular formula is C24H26N2O8. The number of hydrogen-bond donors (Lipinski definition) is 3. The molecule has 0 spiro atoms. The predicted molar refractivity (Wildman–Crippen MR) is 116 cm³/mol. The first-order valence-electron chi connectivity index (χ1n) is 11.1. The molecule has 0 aromatic heterocycles. The van der Waals surface area contributed by atoms with Crippen LogP contribution >= 0.6 is 0 Å². The molecule has 4 rings (SSSR count). The number of nitrogens with zero attached hydrogens (tertiary/aromatic N) is 1. The molecule has 1 amide bonds. The summed E-state index contributed by atoms with van der Waals surface area (Å²) in [5, 5.41) is 21.9. The average Bonchev–Trinajstić information content (AvgIpc) is 2.75. The zero-order chi connectivity index (χ0) is 25.3. The molecule has 4 N–H and O–H groups in total. The normalized spacial score (nSPS) is 32.8. The number of aliphatic hydroxyl groups is 1. The summed E-state index contributed by atoms with van der Waals surface area (Å²) < 4.78 is 0. The highest BCUT2D eigenvalue weighted by atomic mass is 16.3. The molecule has 3 aliphatic rings. The lowest BCUT2D eigenvalue weighted by atomic mass is 9.52. The monoisotopic (exact) mass is 470 g/mol. The SMILES string of the molecule is CCC(=O)c1ccc(O)c2c1CC1CC3C(N(C)C)C(=O)C(C(N)=O)C(=O)C3(O)C(=O)C1C2=O. The summed E-state index contributed by atoms with van der Waals surface area (Å²) in [5.41, 5.74) is 2.94. The number of phenolic OH excluding ortho intramolecular Hbond substituents is 1. The number of primary amides is 1. The van der Waals surface area contributed by atoms with Crippen LogP contribution in [0.25, 0.3) is 0 Å². The minimum atomic E-state index is -2.76. The molecule has 1 aromatic carbocycles. The second kappa shape index (κ2) is 7.92. The summed E-state index contributed by atoms with van der Waals surface area (Å²) in [7, 11) is 3.04. The van der Waals surface area contributed by atoms with Crippen molar-refractivity contribution >= 4 is 34.8 Å². The standard InChI is InChI=1S/C24H26N2O8/c1-4-13(27)10-5-6-14(28)16-11(10)7-9-8-12-18(26(2)3)20(30)17(23(25)33)22(32)24(12,34)21(31)15(9)19(16)29/h5-6,9,12,15,17-18,28,34H,4,7-8H2,1-3H3,(H2,25,33). The maximum atomic E-state index is 13.7. The van der Waals surface area contributed by atoms with E-state index in [9.17, 15) is 39.0 Å². The zero-order valence-electron chi connectivity index (χ0n) is 19.0. The molecule has 10 nitrogen and oxygen atoms in total. The van der Waals surface area contributed by atoms with E-state index >= 15 is 0 Å². The van der Waals surface area contributed by atoms with Crippen LogP contribution < -0.4 is 5.73 Å². The van der Waals surface area contributed by atoms with Gasteiger partial charge in [-0.25, -0.2) is 0 Å². The van der Waals surface area contributed by atoms with Crippen molar-refractivity contribution < 1.29 is 39.0 Å². The Morgan fingerprint density at radius 3 is 2.35 bits per heavy atom. The Kier molecular flexibility index (Phi) is 5.57. The summed E-state index contributed by atoms with van der Waals surface area (Å²) in [6.07, 6.45) is 0.182. The van der Waals surface area contributed by atoms with Gasteiger partial charge in [0.25, 0.3) is 0 Å². The third-order valence-electron chi connectivity index (χ3n) is 7.57. The van der Waals surface area contributed by atoms with Gasteiger partial charge in [0.15, 0.2) is 40.4 Å². The quantitative estimate of drug-likeness (QED) is 0.386. The van der Waals surface area contributed by atoms with Gasteiger partial charge < -0.3 is 15.9 Å². The Hall–Kier alpha value is -3.24. The number of ketones is 5. The summed E-state index contributed by atoms with van der Waals surface area (Å²) in [4.78, 5) is 79.2. The van der Waals surface area contributed by atoms with Gasteiger partial charge in [-0.2, -0.15) is 0 Å². The number of Topliss-reactive ketones (excluding diaryl/α,β-unsaturated/α-hetero) is 5. The van der Waals surface area contributed by atoms with Crippen molar-refractivity contribution in [3.63, 3.8) is 0 Å². The Balaban J connectivity index is 1.89. The summed E-state index contributed by atoms with van der Waals surface area (Å²) in [6.45, 7) is 1.66. The third-order valence-corrected chi connectivity index (χ3v) is 7.57. The fourth-order valence-corrected chi connectivity index (χ4v) is 6.06. The minimum absolute atomic E-state index is 0.0562. The van der Waals surface area contributed by atoms with E-state index in [-0.39, 0.29) is 36.2 Å². The molecule has 2 saturated carbocycles. The predicted octanol–water partition coefficient (Wildman–Crippen LogP) is -0.540. The van der Waals surface area contributed by atoms with Crippen LogP contribution in [0.2, 0.25) is 0 Å². The largest absolute Gasteiger partial charge is 0.507 e. The lowest BCUT2D eigenvalue weighted by molar-refractivity contribution is -0.181. The van der Waals surface area contributed by atoms with Crippen LogP contribution in [0.15, 0.2) is 12.1 Å². The number of benzene rings is 1. The van der Waals surface area contributed by atoms with Gasteiger partial charge in [0.05, 0.1) is 17.5 Å². The number of likely N-dealkylation sites (N-methyl/N-ethyl adjacent to an activating group) is 1. The summed E-state index contributed by atoms with van der Waals surface area (Å²) in [6, 6.07) is 1.48. The fraction of sp³-hybridized carbons (Fsp3) is 0.500. The van der Waals surface area contributed by atoms with E-state index in [1.54, 1.807) is 6.92 Å². The number of hydrogen-bond acceptors (Lipinski definition) is 9. The van der Waals surface area contributed by atoms with Gasteiger partial charge in [-0.05, 0) is 50.6 Å². The average molecular weight is 470 g/mol. The van der Waals surface area contributed by atoms with Gasteiger partial charge in [0.2, 0.25) is 5.91 Å². The van der Waals surface area contributed by atoms with Gasteiger partial charge in [0.1, 0.15) is 5.75 Å².